The maximum Gasteiger partial charge on any atom is 0.142 e. The number of piperidine rings is 1. The monoisotopic (exact) mass is 248 g/mol. The molecular weight excluding hydrogens is 224 g/mol. The summed E-state index contributed by atoms with van der Waals surface area (Å²) in [4.78, 5) is 2.46. The molecule has 3 nitrogen and oxygen atoms in total. The highest BCUT2D eigenvalue weighted by Crippen LogP contribution is 2.24. The van der Waals surface area contributed by atoms with Gasteiger partial charge in [0.2, 0.25) is 0 Å². The summed E-state index contributed by atoms with van der Waals surface area (Å²) in [5.41, 5.74) is 1.11. The molecule has 1 N–H and O–H groups in total. The third-order valence-electron chi connectivity index (χ3n) is 3.64. The fraction of sp³-hybridized carbons (Fsp3) is 0.600. The van der Waals surface area contributed by atoms with E-state index in [2.05, 4.69) is 29.4 Å². The maximum atomic E-state index is 5.63. The van der Waals surface area contributed by atoms with Gasteiger partial charge in [0.25, 0.3) is 0 Å². The van der Waals surface area contributed by atoms with E-state index in [4.69, 9.17) is 4.74 Å². The fourth-order valence-electron chi connectivity index (χ4n) is 2.52. The average Bonchev–Trinajstić information content (AvgIpc) is 2.40. The summed E-state index contributed by atoms with van der Waals surface area (Å²) in [5.74, 6) is 0.957. The molecule has 1 heterocycles. The molecule has 100 valence electrons. The highest BCUT2D eigenvalue weighted by atomic mass is 16.5. The molecule has 0 aliphatic carbocycles. The molecule has 3 heteroatoms. The number of ether oxygens (including phenoxy) is 1. The normalized spacial score (nSPS) is 20.7. The van der Waals surface area contributed by atoms with Gasteiger partial charge in [-0.25, -0.2) is 0 Å². The summed E-state index contributed by atoms with van der Waals surface area (Å²) >= 11 is 0. The molecule has 0 amide bonds. The zero-order valence-electron chi connectivity index (χ0n) is 11.5. The summed E-state index contributed by atoms with van der Waals surface area (Å²) in [6, 6.07) is 8.83. The van der Waals surface area contributed by atoms with Crippen molar-refractivity contribution in [2.24, 2.45) is 0 Å². The highest BCUT2D eigenvalue weighted by Gasteiger charge is 2.18. The summed E-state index contributed by atoms with van der Waals surface area (Å²) in [6.07, 6.45) is 3.98. The second-order valence-electron chi connectivity index (χ2n) is 4.94. The Morgan fingerprint density at radius 1 is 1.33 bits per heavy atom. The molecule has 1 aliphatic rings. The van der Waals surface area contributed by atoms with Gasteiger partial charge < -0.3 is 15.0 Å². The molecule has 0 saturated carbocycles. The predicted molar refractivity (Wildman–Crippen MR) is 76.4 cm³/mol. The van der Waals surface area contributed by atoms with Gasteiger partial charge in [-0.1, -0.05) is 18.6 Å². The van der Waals surface area contributed by atoms with Gasteiger partial charge in [0.1, 0.15) is 5.75 Å². The van der Waals surface area contributed by atoms with Crippen LogP contribution in [0.4, 0.5) is 5.69 Å². The molecule has 1 aromatic carbocycles. The van der Waals surface area contributed by atoms with E-state index in [0.29, 0.717) is 12.6 Å². The lowest BCUT2D eigenvalue weighted by Gasteiger charge is -2.32. The van der Waals surface area contributed by atoms with E-state index in [0.717, 1.165) is 18.0 Å². The van der Waals surface area contributed by atoms with Gasteiger partial charge >= 0.3 is 0 Å². The Hall–Kier alpha value is -1.22. The second kappa shape index (κ2) is 6.64. The lowest BCUT2D eigenvalue weighted by Crippen LogP contribution is -2.40. The number of likely N-dealkylation sites (tertiary alicyclic amines) is 1. The van der Waals surface area contributed by atoms with Crippen molar-refractivity contribution in [3.63, 3.8) is 0 Å². The van der Waals surface area contributed by atoms with E-state index in [1.54, 1.807) is 0 Å². The molecule has 1 aromatic rings. The van der Waals surface area contributed by atoms with Crippen LogP contribution in [-0.4, -0.2) is 37.7 Å². The molecular formula is C15H24N2O. The second-order valence-corrected chi connectivity index (χ2v) is 4.94. The number of benzene rings is 1. The molecule has 0 bridgehead atoms. The molecule has 1 aliphatic heterocycles. The first-order valence-electron chi connectivity index (χ1n) is 6.97. The van der Waals surface area contributed by atoms with Gasteiger partial charge in [0, 0.05) is 12.6 Å². The molecule has 0 spiro atoms. The van der Waals surface area contributed by atoms with Crippen LogP contribution < -0.4 is 10.1 Å². The topological polar surface area (TPSA) is 24.5 Å². The largest absolute Gasteiger partial charge is 0.492 e. The zero-order chi connectivity index (χ0) is 12.8. The number of hydrogen-bond acceptors (Lipinski definition) is 3. The molecule has 2 rings (SSSR count). The molecule has 18 heavy (non-hydrogen) atoms. The highest BCUT2D eigenvalue weighted by molar-refractivity contribution is 5.56. The van der Waals surface area contributed by atoms with Crippen molar-refractivity contribution in [3.8, 4) is 5.75 Å². The quantitative estimate of drug-likeness (QED) is 0.867. The Morgan fingerprint density at radius 3 is 2.94 bits per heavy atom. The maximum absolute atomic E-state index is 5.63. The predicted octanol–water partition coefficient (Wildman–Crippen LogP) is 2.98. The van der Waals surface area contributed by atoms with E-state index < -0.39 is 0 Å². The lowest BCUT2D eigenvalue weighted by molar-refractivity contribution is 0.194. The molecule has 1 unspecified atom stereocenters. The number of rotatable bonds is 5. The van der Waals surface area contributed by atoms with Crippen LogP contribution in [0.1, 0.15) is 26.2 Å². The first kappa shape index (κ1) is 13.2. The number of nitrogens with one attached hydrogen (secondary N) is 1. The van der Waals surface area contributed by atoms with Crippen molar-refractivity contribution in [3.05, 3.63) is 24.3 Å². The van der Waals surface area contributed by atoms with Crippen LogP contribution in [0.25, 0.3) is 0 Å². The summed E-state index contributed by atoms with van der Waals surface area (Å²) in [7, 11) is 2.22. The minimum atomic E-state index is 0.647. The summed E-state index contributed by atoms with van der Waals surface area (Å²) in [6.45, 7) is 4.95. The van der Waals surface area contributed by atoms with E-state index in [9.17, 15) is 0 Å². The van der Waals surface area contributed by atoms with Crippen LogP contribution >= 0.6 is 0 Å². The number of para-hydroxylation sites is 2. The summed E-state index contributed by atoms with van der Waals surface area (Å²) in [5, 5.41) is 3.53. The Kier molecular flexibility index (Phi) is 4.88. The number of anilines is 1. The lowest BCUT2D eigenvalue weighted by atomic mass is 10.0. The van der Waals surface area contributed by atoms with Crippen molar-refractivity contribution in [2.45, 2.75) is 32.2 Å². The SMILES string of the molecule is CCOc1ccccc1NCC1CCCCN1C. The molecule has 1 fully saturated rings. The minimum absolute atomic E-state index is 0.647. The van der Waals surface area contributed by atoms with Gasteiger partial charge in [-0.15, -0.1) is 0 Å². The van der Waals surface area contributed by atoms with Crippen molar-refractivity contribution >= 4 is 5.69 Å². The van der Waals surface area contributed by atoms with E-state index in [1.807, 2.05) is 19.1 Å². The summed E-state index contributed by atoms with van der Waals surface area (Å²) < 4.78 is 5.63. The Balaban J connectivity index is 1.92. The minimum Gasteiger partial charge on any atom is -0.492 e. The van der Waals surface area contributed by atoms with E-state index in [-0.39, 0.29) is 0 Å². The van der Waals surface area contributed by atoms with Crippen LogP contribution in [0.5, 0.6) is 5.75 Å². The van der Waals surface area contributed by atoms with Crippen molar-refractivity contribution in [1.82, 2.24) is 4.90 Å². The number of hydrogen-bond donors (Lipinski definition) is 1. The van der Waals surface area contributed by atoms with Gasteiger partial charge in [-0.3, -0.25) is 0 Å². The third kappa shape index (κ3) is 3.39. The van der Waals surface area contributed by atoms with E-state index >= 15 is 0 Å². The van der Waals surface area contributed by atoms with Crippen molar-refractivity contribution < 1.29 is 4.74 Å². The van der Waals surface area contributed by atoms with E-state index in [1.165, 1.54) is 25.8 Å². The van der Waals surface area contributed by atoms with Crippen molar-refractivity contribution in [1.29, 1.82) is 0 Å². The standard InChI is InChI=1S/C15H24N2O/c1-3-18-15-10-5-4-9-14(15)16-12-13-8-6-7-11-17(13)2/h4-5,9-10,13,16H,3,6-8,11-12H2,1-2H3. The molecule has 1 atom stereocenters. The number of likely N-dealkylation sites (N-methyl/N-ethyl adjacent to an activating group) is 1. The van der Waals surface area contributed by atoms with Crippen LogP contribution in [0, 0.1) is 0 Å². The van der Waals surface area contributed by atoms with Crippen molar-refractivity contribution in [2.75, 3.05) is 32.1 Å². The molecule has 0 radical (unpaired) electrons. The van der Waals surface area contributed by atoms with Crippen LogP contribution in [0.15, 0.2) is 24.3 Å². The van der Waals surface area contributed by atoms with Gasteiger partial charge in [0.15, 0.2) is 0 Å². The van der Waals surface area contributed by atoms with Crippen LogP contribution in [0.3, 0.4) is 0 Å². The Bertz CT molecular complexity index is 367. The first-order chi connectivity index (χ1) is 8.81. The molecule has 1 saturated heterocycles. The smallest absolute Gasteiger partial charge is 0.142 e. The first-order valence-corrected chi connectivity index (χ1v) is 6.97. The molecule has 0 aromatic heterocycles. The average molecular weight is 248 g/mol. The van der Waals surface area contributed by atoms with Gasteiger partial charge in [-0.2, -0.15) is 0 Å². The number of nitrogens with zero attached hydrogens (tertiary/aromatic N) is 1. The van der Waals surface area contributed by atoms with Crippen LogP contribution in [0.2, 0.25) is 0 Å². The van der Waals surface area contributed by atoms with Crippen LogP contribution in [-0.2, 0) is 0 Å². The Labute approximate surface area is 110 Å². The third-order valence-corrected chi connectivity index (χ3v) is 3.64. The van der Waals surface area contributed by atoms with Gasteiger partial charge in [0.05, 0.1) is 12.3 Å². The fourth-order valence-corrected chi connectivity index (χ4v) is 2.52. The Morgan fingerprint density at radius 2 is 2.17 bits per heavy atom. The van der Waals surface area contributed by atoms with Gasteiger partial charge in [-0.05, 0) is 45.5 Å². The zero-order valence-corrected chi connectivity index (χ0v) is 11.5.